The summed E-state index contributed by atoms with van der Waals surface area (Å²) < 4.78 is 0. The molecule has 18 heavy (non-hydrogen) atoms. The Balaban J connectivity index is 1.79. The molecule has 1 fully saturated rings. The first-order valence-electron chi connectivity index (χ1n) is 6.70. The first kappa shape index (κ1) is 13.2. The summed E-state index contributed by atoms with van der Waals surface area (Å²) in [6.07, 6.45) is 1.21. The standard InChI is InChI=1S/C14H23N3O/c1-15-6-3-7-16-8-10-17(11-9-16)13-4-2-5-14(18)12-13/h2,4-5,12,15,18H,3,6-11H2,1H3. The van der Waals surface area contributed by atoms with E-state index in [9.17, 15) is 5.11 Å². The minimum absolute atomic E-state index is 0.351. The lowest BCUT2D eigenvalue weighted by Gasteiger charge is -2.36. The van der Waals surface area contributed by atoms with Gasteiger partial charge in [0.2, 0.25) is 0 Å². The van der Waals surface area contributed by atoms with E-state index in [1.54, 1.807) is 6.07 Å². The van der Waals surface area contributed by atoms with E-state index in [1.165, 1.54) is 13.0 Å². The maximum atomic E-state index is 9.49. The third-order valence-electron chi connectivity index (χ3n) is 3.47. The molecule has 4 heteroatoms. The smallest absolute Gasteiger partial charge is 0.117 e. The van der Waals surface area contributed by atoms with E-state index in [0.717, 1.165) is 38.4 Å². The molecule has 0 aliphatic carbocycles. The lowest BCUT2D eigenvalue weighted by molar-refractivity contribution is 0.254. The maximum Gasteiger partial charge on any atom is 0.117 e. The SMILES string of the molecule is CNCCCN1CCN(c2cccc(O)c2)CC1. The Morgan fingerprint density at radius 3 is 2.67 bits per heavy atom. The monoisotopic (exact) mass is 249 g/mol. The Kier molecular flexibility index (Phi) is 4.84. The van der Waals surface area contributed by atoms with Crippen molar-refractivity contribution < 1.29 is 5.11 Å². The van der Waals surface area contributed by atoms with Crippen LogP contribution in [0, 0.1) is 0 Å². The number of piperazine rings is 1. The Morgan fingerprint density at radius 1 is 1.22 bits per heavy atom. The van der Waals surface area contributed by atoms with Crippen LogP contribution in [0.5, 0.6) is 5.75 Å². The van der Waals surface area contributed by atoms with Crippen LogP contribution in [0.15, 0.2) is 24.3 Å². The van der Waals surface area contributed by atoms with Crippen molar-refractivity contribution in [1.82, 2.24) is 10.2 Å². The average molecular weight is 249 g/mol. The highest BCUT2D eigenvalue weighted by molar-refractivity contribution is 5.50. The molecule has 1 aromatic carbocycles. The molecule has 0 spiro atoms. The van der Waals surface area contributed by atoms with Crippen LogP contribution in [0.1, 0.15) is 6.42 Å². The molecule has 1 aromatic rings. The Hall–Kier alpha value is -1.26. The minimum Gasteiger partial charge on any atom is -0.508 e. The summed E-state index contributed by atoms with van der Waals surface area (Å²) in [4.78, 5) is 4.85. The molecule has 0 saturated carbocycles. The van der Waals surface area contributed by atoms with Crippen LogP contribution in [0.3, 0.4) is 0 Å². The van der Waals surface area contributed by atoms with Gasteiger partial charge in [0.25, 0.3) is 0 Å². The topological polar surface area (TPSA) is 38.7 Å². The Bertz CT molecular complexity index is 362. The molecular formula is C14H23N3O. The summed E-state index contributed by atoms with van der Waals surface area (Å²) in [5, 5.41) is 12.7. The van der Waals surface area contributed by atoms with Gasteiger partial charge in [0, 0.05) is 37.9 Å². The molecule has 0 atom stereocenters. The number of anilines is 1. The van der Waals surface area contributed by atoms with Crippen molar-refractivity contribution in [3.05, 3.63) is 24.3 Å². The number of aromatic hydroxyl groups is 1. The zero-order chi connectivity index (χ0) is 12.8. The number of rotatable bonds is 5. The van der Waals surface area contributed by atoms with Crippen molar-refractivity contribution in [2.45, 2.75) is 6.42 Å². The highest BCUT2D eigenvalue weighted by atomic mass is 16.3. The van der Waals surface area contributed by atoms with Gasteiger partial charge < -0.3 is 15.3 Å². The van der Waals surface area contributed by atoms with Crippen molar-refractivity contribution in [2.24, 2.45) is 0 Å². The quantitative estimate of drug-likeness (QED) is 0.767. The zero-order valence-corrected chi connectivity index (χ0v) is 11.1. The van der Waals surface area contributed by atoms with Gasteiger partial charge in [-0.2, -0.15) is 0 Å². The average Bonchev–Trinajstić information content (AvgIpc) is 2.40. The summed E-state index contributed by atoms with van der Waals surface area (Å²) in [7, 11) is 2.00. The van der Waals surface area contributed by atoms with Gasteiger partial charge in [-0.15, -0.1) is 0 Å². The van der Waals surface area contributed by atoms with Gasteiger partial charge in [-0.25, -0.2) is 0 Å². The van der Waals surface area contributed by atoms with Crippen LogP contribution >= 0.6 is 0 Å². The third kappa shape index (κ3) is 3.62. The predicted molar refractivity (Wildman–Crippen MR) is 75.3 cm³/mol. The molecule has 0 aromatic heterocycles. The fourth-order valence-corrected chi connectivity index (χ4v) is 2.40. The molecule has 4 nitrogen and oxygen atoms in total. The molecule has 0 bridgehead atoms. The van der Waals surface area contributed by atoms with E-state index >= 15 is 0 Å². The van der Waals surface area contributed by atoms with Crippen LogP contribution in [0.25, 0.3) is 0 Å². The van der Waals surface area contributed by atoms with Crippen molar-refractivity contribution in [3.63, 3.8) is 0 Å². The van der Waals surface area contributed by atoms with Crippen LogP contribution < -0.4 is 10.2 Å². The van der Waals surface area contributed by atoms with Gasteiger partial charge in [0.15, 0.2) is 0 Å². The van der Waals surface area contributed by atoms with Gasteiger partial charge in [-0.1, -0.05) is 6.07 Å². The first-order chi connectivity index (χ1) is 8.79. The van der Waals surface area contributed by atoms with Crippen LogP contribution in [-0.2, 0) is 0 Å². The third-order valence-corrected chi connectivity index (χ3v) is 3.47. The molecule has 1 saturated heterocycles. The van der Waals surface area contributed by atoms with Crippen molar-refractivity contribution >= 4 is 5.69 Å². The second kappa shape index (κ2) is 6.61. The van der Waals surface area contributed by atoms with Gasteiger partial charge >= 0.3 is 0 Å². The minimum atomic E-state index is 0.351. The van der Waals surface area contributed by atoms with Crippen molar-refractivity contribution in [3.8, 4) is 5.75 Å². The molecule has 2 rings (SSSR count). The lowest BCUT2D eigenvalue weighted by atomic mass is 10.2. The lowest BCUT2D eigenvalue weighted by Crippen LogP contribution is -2.46. The second-order valence-electron chi connectivity index (χ2n) is 4.81. The number of nitrogens with one attached hydrogen (secondary N) is 1. The van der Waals surface area contributed by atoms with E-state index in [-0.39, 0.29) is 0 Å². The highest BCUT2D eigenvalue weighted by Gasteiger charge is 2.16. The fraction of sp³-hybridized carbons (Fsp3) is 0.571. The van der Waals surface area contributed by atoms with Gasteiger partial charge in [0.05, 0.1) is 0 Å². The number of phenols is 1. The number of phenolic OH excluding ortho intramolecular Hbond substituents is 1. The second-order valence-corrected chi connectivity index (χ2v) is 4.81. The highest BCUT2D eigenvalue weighted by Crippen LogP contribution is 2.21. The molecule has 1 aliphatic rings. The van der Waals surface area contributed by atoms with Gasteiger partial charge in [0.1, 0.15) is 5.75 Å². The summed E-state index contributed by atoms with van der Waals surface area (Å²) in [6.45, 7) is 6.58. The molecular weight excluding hydrogens is 226 g/mol. The molecule has 100 valence electrons. The van der Waals surface area contributed by atoms with E-state index in [4.69, 9.17) is 0 Å². The molecule has 0 unspecified atom stereocenters. The summed E-state index contributed by atoms with van der Waals surface area (Å²) in [5.41, 5.74) is 1.13. The Morgan fingerprint density at radius 2 is 2.00 bits per heavy atom. The summed E-state index contributed by atoms with van der Waals surface area (Å²) in [5.74, 6) is 0.351. The van der Waals surface area contributed by atoms with Gasteiger partial charge in [-0.05, 0) is 38.7 Å². The maximum absolute atomic E-state index is 9.49. The number of benzene rings is 1. The predicted octanol–water partition coefficient (Wildman–Crippen LogP) is 1.12. The van der Waals surface area contributed by atoms with Crippen LogP contribution in [-0.4, -0.2) is 56.3 Å². The zero-order valence-electron chi connectivity index (χ0n) is 11.1. The van der Waals surface area contributed by atoms with Crippen LogP contribution in [0.2, 0.25) is 0 Å². The first-order valence-corrected chi connectivity index (χ1v) is 6.70. The van der Waals surface area contributed by atoms with E-state index < -0.39 is 0 Å². The molecule has 1 heterocycles. The largest absolute Gasteiger partial charge is 0.508 e. The van der Waals surface area contributed by atoms with Gasteiger partial charge in [-0.3, -0.25) is 4.90 Å². The van der Waals surface area contributed by atoms with E-state index in [0.29, 0.717) is 5.75 Å². The number of hydrogen-bond acceptors (Lipinski definition) is 4. The fourth-order valence-electron chi connectivity index (χ4n) is 2.40. The number of nitrogens with zero attached hydrogens (tertiary/aromatic N) is 2. The normalized spacial score (nSPS) is 17.1. The molecule has 2 N–H and O–H groups in total. The van der Waals surface area contributed by atoms with Crippen molar-refractivity contribution in [2.75, 3.05) is 51.2 Å². The molecule has 1 aliphatic heterocycles. The van der Waals surface area contributed by atoms with E-state index in [2.05, 4.69) is 21.2 Å². The van der Waals surface area contributed by atoms with Crippen LogP contribution in [0.4, 0.5) is 5.69 Å². The number of hydrogen-bond donors (Lipinski definition) is 2. The van der Waals surface area contributed by atoms with Crippen molar-refractivity contribution in [1.29, 1.82) is 0 Å². The Labute approximate surface area is 109 Å². The molecule has 0 radical (unpaired) electrons. The molecule has 0 amide bonds. The summed E-state index contributed by atoms with van der Waals surface area (Å²) >= 11 is 0. The summed E-state index contributed by atoms with van der Waals surface area (Å²) in [6, 6.07) is 7.54. The van der Waals surface area contributed by atoms with E-state index in [1.807, 2.05) is 19.2 Å².